The Hall–Kier alpha value is 0.734. The molecule has 0 unspecified atom stereocenters. The Morgan fingerprint density at radius 3 is 1.88 bits per heavy atom. The minimum atomic E-state index is 0. The van der Waals surface area contributed by atoms with Gasteiger partial charge in [0.2, 0.25) is 0 Å². The molecule has 0 aromatic carbocycles. The standard InChI is InChI=1S/C21H34N.2ClH.Ti/c1-22(2)14-13-19-15-20(17-9-5-3-6-10-17)16-21(19)18-11-7-4-8-12-18;;;/h17-18H,3-15H2,1-2H3;2*1H;/q-1;;;+3/p-2. The Kier molecular flexibility index (Phi) is 13.4. The SMILES string of the molecule is CN(C)CCC1=C(C2CCCCC2)[C-]=C(C2CCCCC2)C1.[Cl-].[Cl-].[Ti+3]. The molecule has 141 valence electrons. The second kappa shape index (κ2) is 13.0. The van der Waals surface area contributed by atoms with Crippen LogP contribution in [0.2, 0.25) is 0 Å². The molecule has 0 aliphatic heterocycles. The van der Waals surface area contributed by atoms with Gasteiger partial charge in [-0.25, -0.2) is 17.2 Å². The van der Waals surface area contributed by atoms with Gasteiger partial charge in [-0.1, -0.05) is 51.4 Å². The molecule has 1 radical (unpaired) electrons. The van der Waals surface area contributed by atoms with Crippen LogP contribution in [0, 0.1) is 17.9 Å². The average Bonchev–Trinajstić information content (AvgIpc) is 2.99. The Labute approximate surface area is 183 Å². The zero-order valence-electron chi connectivity index (χ0n) is 16.1. The topological polar surface area (TPSA) is 3.24 Å². The number of nitrogens with zero attached hydrogens (tertiary/aromatic N) is 1. The summed E-state index contributed by atoms with van der Waals surface area (Å²) >= 11 is 0. The van der Waals surface area contributed by atoms with Crippen LogP contribution in [0.1, 0.15) is 77.0 Å². The van der Waals surface area contributed by atoms with Crippen molar-refractivity contribution in [2.75, 3.05) is 20.6 Å². The van der Waals surface area contributed by atoms with Gasteiger partial charge in [-0.2, -0.15) is 5.57 Å². The van der Waals surface area contributed by atoms with E-state index in [1.54, 1.807) is 16.7 Å². The van der Waals surface area contributed by atoms with Crippen molar-refractivity contribution >= 4 is 0 Å². The zero-order chi connectivity index (χ0) is 15.4. The molecule has 3 aliphatic rings. The molecule has 0 aromatic rings. The molecular formula is C21H34Cl2NTi. The van der Waals surface area contributed by atoms with Crippen LogP contribution in [0.4, 0.5) is 0 Å². The molecular weight excluding hydrogens is 385 g/mol. The van der Waals surface area contributed by atoms with Crippen LogP contribution in [0.15, 0.2) is 16.7 Å². The van der Waals surface area contributed by atoms with E-state index in [-0.39, 0.29) is 46.5 Å². The van der Waals surface area contributed by atoms with Crippen molar-refractivity contribution < 1.29 is 46.5 Å². The van der Waals surface area contributed by atoms with Crippen molar-refractivity contribution in [2.45, 2.75) is 77.0 Å². The molecule has 25 heavy (non-hydrogen) atoms. The molecule has 0 spiro atoms. The molecule has 0 heterocycles. The third-order valence-corrected chi connectivity index (χ3v) is 6.05. The van der Waals surface area contributed by atoms with Gasteiger partial charge in [-0.15, -0.1) is 0 Å². The van der Waals surface area contributed by atoms with Crippen molar-refractivity contribution in [1.29, 1.82) is 0 Å². The monoisotopic (exact) mass is 418 g/mol. The van der Waals surface area contributed by atoms with Crippen LogP contribution >= 0.6 is 0 Å². The molecule has 0 N–H and O–H groups in total. The number of hydrogen-bond acceptors (Lipinski definition) is 1. The molecule has 2 saturated carbocycles. The van der Waals surface area contributed by atoms with E-state index in [0.717, 1.165) is 11.8 Å². The summed E-state index contributed by atoms with van der Waals surface area (Å²) < 4.78 is 0. The van der Waals surface area contributed by atoms with Crippen LogP contribution in [0.3, 0.4) is 0 Å². The first-order valence-electron chi connectivity index (χ1n) is 9.73. The summed E-state index contributed by atoms with van der Waals surface area (Å²) in [4.78, 5) is 2.34. The molecule has 0 atom stereocenters. The molecule has 0 saturated heterocycles. The van der Waals surface area contributed by atoms with Gasteiger partial charge < -0.3 is 29.7 Å². The van der Waals surface area contributed by atoms with Crippen molar-refractivity contribution in [3.05, 3.63) is 22.8 Å². The Morgan fingerprint density at radius 2 is 1.36 bits per heavy atom. The molecule has 0 bridgehead atoms. The van der Waals surface area contributed by atoms with Gasteiger partial charge >= 0.3 is 21.7 Å². The van der Waals surface area contributed by atoms with E-state index in [1.165, 1.54) is 83.6 Å². The number of halogens is 2. The normalized spacial score (nSPS) is 22.1. The molecule has 0 aromatic heterocycles. The van der Waals surface area contributed by atoms with Crippen LogP contribution in [0.25, 0.3) is 0 Å². The predicted octanol–water partition coefficient (Wildman–Crippen LogP) is -0.466. The summed E-state index contributed by atoms with van der Waals surface area (Å²) in [5.74, 6) is 1.70. The number of rotatable bonds is 5. The van der Waals surface area contributed by atoms with E-state index >= 15 is 0 Å². The Morgan fingerprint density at radius 1 is 0.840 bits per heavy atom. The van der Waals surface area contributed by atoms with Gasteiger partial charge in [0, 0.05) is 0 Å². The van der Waals surface area contributed by atoms with E-state index in [1.807, 2.05) is 0 Å². The van der Waals surface area contributed by atoms with Gasteiger partial charge in [0.25, 0.3) is 0 Å². The second-order valence-corrected chi connectivity index (χ2v) is 8.07. The van der Waals surface area contributed by atoms with Gasteiger partial charge in [-0.3, -0.25) is 0 Å². The van der Waals surface area contributed by atoms with Gasteiger partial charge in [0.05, 0.1) is 0 Å². The summed E-state index contributed by atoms with van der Waals surface area (Å²) in [6, 6.07) is 0. The zero-order valence-corrected chi connectivity index (χ0v) is 19.1. The minimum Gasteiger partial charge on any atom is -1.00 e. The Balaban J connectivity index is 0.00000192. The van der Waals surface area contributed by atoms with E-state index in [4.69, 9.17) is 0 Å². The number of hydrogen-bond donors (Lipinski definition) is 0. The van der Waals surface area contributed by atoms with Gasteiger partial charge in [-0.05, 0) is 58.2 Å². The Bertz CT molecular complexity index is 433. The van der Waals surface area contributed by atoms with Crippen LogP contribution in [-0.4, -0.2) is 25.5 Å². The molecule has 1 nitrogen and oxygen atoms in total. The fourth-order valence-electron chi connectivity index (χ4n) is 4.69. The summed E-state index contributed by atoms with van der Waals surface area (Å²) in [6.07, 6.45) is 20.9. The van der Waals surface area contributed by atoms with Crippen LogP contribution in [0.5, 0.6) is 0 Å². The third-order valence-electron chi connectivity index (χ3n) is 6.05. The molecule has 3 aliphatic carbocycles. The van der Waals surface area contributed by atoms with E-state index in [0.29, 0.717) is 0 Å². The first kappa shape index (κ1) is 25.7. The maximum atomic E-state index is 3.98. The second-order valence-electron chi connectivity index (χ2n) is 8.07. The number of allylic oxidation sites excluding steroid dienone is 3. The van der Waals surface area contributed by atoms with Crippen LogP contribution in [-0.2, 0) is 21.7 Å². The average molecular weight is 419 g/mol. The first-order valence-corrected chi connectivity index (χ1v) is 9.73. The molecule has 4 heteroatoms. The van der Waals surface area contributed by atoms with E-state index in [2.05, 4.69) is 25.1 Å². The fraction of sp³-hybridized carbons (Fsp3) is 0.810. The largest absolute Gasteiger partial charge is 3.00 e. The quantitative estimate of drug-likeness (QED) is 0.431. The fourth-order valence-corrected chi connectivity index (χ4v) is 4.69. The molecule has 3 rings (SSSR count). The maximum Gasteiger partial charge on any atom is 3.00 e. The smallest absolute Gasteiger partial charge is 1.00 e. The van der Waals surface area contributed by atoms with Crippen molar-refractivity contribution in [3.63, 3.8) is 0 Å². The van der Waals surface area contributed by atoms with Gasteiger partial charge in [0.1, 0.15) is 0 Å². The summed E-state index contributed by atoms with van der Waals surface area (Å²) in [5, 5.41) is 0. The molecule has 2 fully saturated rings. The minimum absolute atomic E-state index is 0. The van der Waals surface area contributed by atoms with Crippen molar-refractivity contribution in [2.24, 2.45) is 11.8 Å². The van der Waals surface area contributed by atoms with Crippen molar-refractivity contribution in [1.82, 2.24) is 4.90 Å². The van der Waals surface area contributed by atoms with E-state index in [9.17, 15) is 0 Å². The summed E-state index contributed by atoms with van der Waals surface area (Å²) in [6.45, 7) is 1.20. The van der Waals surface area contributed by atoms with Gasteiger partial charge in [0.15, 0.2) is 0 Å². The summed E-state index contributed by atoms with van der Waals surface area (Å²) in [7, 11) is 4.41. The third kappa shape index (κ3) is 7.34. The van der Waals surface area contributed by atoms with E-state index < -0.39 is 0 Å². The van der Waals surface area contributed by atoms with Crippen molar-refractivity contribution in [3.8, 4) is 0 Å². The summed E-state index contributed by atoms with van der Waals surface area (Å²) in [5.41, 5.74) is 5.11. The predicted molar refractivity (Wildman–Crippen MR) is 94.7 cm³/mol. The maximum absolute atomic E-state index is 3.98. The molecule has 0 amide bonds. The van der Waals surface area contributed by atoms with Crippen LogP contribution < -0.4 is 24.8 Å². The first-order chi connectivity index (χ1) is 10.7.